The molecule has 2 atom stereocenters. The van der Waals surface area contributed by atoms with Gasteiger partial charge in [0, 0.05) is 12.1 Å². The van der Waals surface area contributed by atoms with Gasteiger partial charge in [-0.3, -0.25) is 0 Å². The summed E-state index contributed by atoms with van der Waals surface area (Å²) in [6.07, 6.45) is 5.49. The van der Waals surface area contributed by atoms with Gasteiger partial charge >= 0.3 is 0 Å². The van der Waals surface area contributed by atoms with Crippen LogP contribution in [0.15, 0.2) is 60.7 Å². The molecule has 2 aromatic rings. The van der Waals surface area contributed by atoms with E-state index in [1.165, 1.54) is 36.8 Å². The molecule has 0 radical (unpaired) electrons. The molecule has 2 aromatic carbocycles. The summed E-state index contributed by atoms with van der Waals surface area (Å²) in [5, 5.41) is 4.01. The molecule has 2 aliphatic rings. The lowest BCUT2D eigenvalue weighted by molar-refractivity contribution is 0.381. The molecular weight excluding hydrogens is 254 g/mol. The zero-order chi connectivity index (χ0) is 14.1. The predicted molar refractivity (Wildman–Crippen MR) is 86.9 cm³/mol. The molecule has 4 rings (SSSR count). The lowest BCUT2D eigenvalue weighted by Crippen LogP contribution is -2.29. The Morgan fingerprint density at radius 2 is 1.00 bits per heavy atom. The first-order valence-electron chi connectivity index (χ1n) is 8.28. The van der Waals surface area contributed by atoms with E-state index in [0.717, 1.165) is 11.8 Å². The summed E-state index contributed by atoms with van der Waals surface area (Å²) in [4.78, 5) is 0. The van der Waals surface area contributed by atoms with Crippen LogP contribution in [0.25, 0.3) is 0 Å². The van der Waals surface area contributed by atoms with Crippen LogP contribution in [0, 0.1) is 11.8 Å². The van der Waals surface area contributed by atoms with Gasteiger partial charge in [-0.2, -0.15) is 0 Å². The van der Waals surface area contributed by atoms with Gasteiger partial charge in [0.2, 0.25) is 0 Å². The third kappa shape index (κ3) is 3.03. The smallest absolute Gasteiger partial charge is 0.0354 e. The van der Waals surface area contributed by atoms with Crippen molar-refractivity contribution in [2.45, 2.75) is 37.8 Å². The first-order valence-corrected chi connectivity index (χ1v) is 8.28. The molecule has 0 bridgehead atoms. The molecule has 0 heterocycles. The van der Waals surface area contributed by atoms with E-state index in [0.29, 0.717) is 12.1 Å². The van der Waals surface area contributed by atoms with Gasteiger partial charge in [-0.05, 0) is 48.6 Å². The molecule has 2 saturated carbocycles. The second-order valence-corrected chi connectivity index (χ2v) is 6.62. The summed E-state index contributed by atoms with van der Waals surface area (Å²) >= 11 is 0. The van der Waals surface area contributed by atoms with Gasteiger partial charge in [0.25, 0.3) is 0 Å². The first-order chi connectivity index (χ1) is 10.4. The van der Waals surface area contributed by atoms with Crippen LogP contribution in [0.3, 0.4) is 0 Å². The topological polar surface area (TPSA) is 12.0 Å². The van der Waals surface area contributed by atoms with Crippen molar-refractivity contribution in [3.63, 3.8) is 0 Å². The fourth-order valence-corrected chi connectivity index (χ4v) is 3.38. The Labute approximate surface area is 127 Å². The van der Waals surface area contributed by atoms with Crippen LogP contribution in [0.1, 0.15) is 48.9 Å². The van der Waals surface area contributed by atoms with Crippen molar-refractivity contribution in [2.75, 3.05) is 0 Å². The quantitative estimate of drug-likeness (QED) is 0.793. The predicted octanol–water partition coefficient (Wildman–Crippen LogP) is 4.88. The minimum atomic E-state index is 0.525. The normalized spacial score (nSPS) is 21.0. The number of hydrogen-bond acceptors (Lipinski definition) is 1. The molecule has 0 spiro atoms. The number of hydrogen-bond donors (Lipinski definition) is 1. The van der Waals surface area contributed by atoms with E-state index >= 15 is 0 Å². The Kier molecular flexibility index (Phi) is 3.52. The minimum Gasteiger partial charge on any atom is -0.303 e. The van der Waals surface area contributed by atoms with Crippen molar-refractivity contribution in [3.8, 4) is 0 Å². The summed E-state index contributed by atoms with van der Waals surface area (Å²) in [6, 6.07) is 23.1. The van der Waals surface area contributed by atoms with Crippen molar-refractivity contribution in [1.29, 1.82) is 0 Å². The van der Waals surface area contributed by atoms with Crippen LogP contribution in [0.5, 0.6) is 0 Å². The highest BCUT2D eigenvalue weighted by atomic mass is 15.0. The molecule has 0 amide bonds. The fraction of sp³-hybridized carbons (Fsp3) is 0.400. The third-order valence-corrected chi connectivity index (χ3v) is 4.86. The maximum absolute atomic E-state index is 4.01. The molecule has 1 nitrogen and oxygen atoms in total. The molecule has 1 N–H and O–H groups in total. The molecule has 21 heavy (non-hydrogen) atoms. The summed E-state index contributed by atoms with van der Waals surface area (Å²) < 4.78 is 0. The average Bonchev–Trinajstić information content (AvgIpc) is 3.43. The van der Waals surface area contributed by atoms with Crippen LogP contribution in [-0.4, -0.2) is 0 Å². The Morgan fingerprint density at radius 3 is 1.33 bits per heavy atom. The van der Waals surface area contributed by atoms with Crippen LogP contribution >= 0.6 is 0 Å². The van der Waals surface area contributed by atoms with E-state index in [1.54, 1.807) is 0 Å². The van der Waals surface area contributed by atoms with Crippen LogP contribution in [0.4, 0.5) is 0 Å². The van der Waals surface area contributed by atoms with Crippen molar-refractivity contribution >= 4 is 0 Å². The fourth-order valence-electron chi connectivity index (χ4n) is 3.38. The Hall–Kier alpha value is -1.60. The molecule has 108 valence electrons. The van der Waals surface area contributed by atoms with Crippen molar-refractivity contribution in [3.05, 3.63) is 71.8 Å². The van der Waals surface area contributed by atoms with Gasteiger partial charge in [0.1, 0.15) is 0 Å². The standard InChI is InChI=1S/C20H23N/c1-3-7-15(8-4-1)19(17-11-12-17)21-20(18-13-14-18)16-9-5-2-6-10-16/h1-10,17-21H,11-14H2. The van der Waals surface area contributed by atoms with Crippen molar-refractivity contribution in [2.24, 2.45) is 11.8 Å². The van der Waals surface area contributed by atoms with Gasteiger partial charge in [-0.15, -0.1) is 0 Å². The third-order valence-electron chi connectivity index (χ3n) is 4.86. The molecule has 0 aliphatic heterocycles. The molecule has 2 aliphatic carbocycles. The van der Waals surface area contributed by atoms with Crippen molar-refractivity contribution < 1.29 is 0 Å². The summed E-state index contributed by atoms with van der Waals surface area (Å²) in [7, 11) is 0. The molecule has 2 fully saturated rings. The SMILES string of the molecule is c1ccc(C(NC(c2ccccc2)C2CC2)C2CC2)cc1. The maximum Gasteiger partial charge on any atom is 0.0354 e. The monoisotopic (exact) mass is 277 g/mol. The van der Waals surface area contributed by atoms with E-state index in [2.05, 4.69) is 66.0 Å². The highest BCUT2D eigenvalue weighted by Gasteiger charge is 2.38. The Bertz CT molecular complexity index is 516. The van der Waals surface area contributed by atoms with Gasteiger partial charge in [-0.1, -0.05) is 60.7 Å². The van der Waals surface area contributed by atoms with E-state index in [4.69, 9.17) is 0 Å². The number of nitrogens with one attached hydrogen (secondary N) is 1. The molecule has 1 heteroatoms. The minimum absolute atomic E-state index is 0.525. The van der Waals surface area contributed by atoms with Crippen molar-refractivity contribution in [1.82, 2.24) is 5.32 Å². The van der Waals surface area contributed by atoms with E-state index in [-0.39, 0.29) is 0 Å². The molecule has 2 unspecified atom stereocenters. The first kappa shape index (κ1) is 13.1. The summed E-state index contributed by atoms with van der Waals surface area (Å²) in [5.41, 5.74) is 2.92. The highest BCUT2D eigenvalue weighted by Crippen LogP contribution is 2.46. The molecular formula is C20H23N. The zero-order valence-electron chi connectivity index (χ0n) is 12.4. The zero-order valence-corrected chi connectivity index (χ0v) is 12.4. The second kappa shape index (κ2) is 5.65. The number of rotatable bonds is 6. The van der Waals surface area contributed by atoms with E-state index < -0.39 is 0 Å². The molecule has 0 saturated heterocycles. The molecule has 0 aromatic heterocycles. The highest BCUT2D eigenvalue weighted by molar-refractivity contribution is 5.25. The summed E-state index contributed by atoms with van der Waals surface area (Å²) in [5.74, 6) is 1.66. The second-order valence-electron chi connectivity index (χ2n) is 6.62. The summed E-state index contributed by atoms with van der Waals surface area (Å²) in [6.45, 7) is 0. The lowest BCUT2D eigenvalue weighted by atomic mass is 9.96. The lowest BCUT2D eigenvalue weighted by Gasteiger charge is -2.27. The van der Waals surface area contributed by atoms with Gasteiger partial charge in [0.05, 0.1) is 0 Å². The largest absolute Gasteiger partial charge is 0.303 e. The van der Waals surface area contributed by atoms with E-state index in [9.17, 15) is 0 Å². The Balaban J connectivity index is 1.58. The van der Waals surface area contributed by atoms with Gasteiger partial charge in [-0.25, -0.2) is 0 Å². The average molecular weight is 277 g/mol. The Morgan fingerprint density at radius 1 is 0.619 bits per heavy atom. The maximum atomic E-state index is 4.01. The van der Waals surface area contributed by atoms with Gasteiger partial charge in [0.15, 0.2) is 0 Å². The van der Waals surface area contributed by atoms with Crippen LogP contribution < -0.4 is 5.32 Å². The van der Waals surface area contributed by atoms with Crippen LogP contribution in [-0.2, 0) is 0 Å². The van der Waals surface area contributed by atoms with Crippen LogP contribution in [0.2, 0.25) is 0 Å². The number of benzene rings is 2. The van der Waals surface area contributed by atoms with E-state index in [1.807, 2.05) is 0 Å². The van der Waals surface area contributed by atoms with Gasteiger partial charge < -0.3 is 5.32 Å².